The van der Waals surface area contributed by atoms with Crippen LogP contribution in [-0.2, 0) is 0 Å². The number of rotatable bonds is 16. The van der Waals surface area contributed by atoms with E-state index in [4.69, 9.17) is 0 Å². The van der Waals surface area contributed by atoms with Gasteiger partial charge in [0.25, 0.3) is 0 Å². The fourth-order valence-corrected chi connectivity index (χ4v) is 2.98. The van der Waals surface area contributed by atoms with Crippen molar-refractivity contribution in [2.45, 2.75) is 118 Å². The van der Waals surface area contributed by atoms with Crippen molar-refractivity contribution in [3.63, 3.8) is 0 Å². The number of hydrogen-bond donors (Lipinski definition) is 1. The Morgan fingerprint density at radius 3 is 1.82 bits per heavy atom. The van der Waals surface area contributed by atoms with Crippen LogP contribution in [0.15, 0.2) is 0 Å². The van der Waals surface area contributed by atoms with E-state index in [1.165, 1.54) is 83.6 Å². The van der Waals surface area contributed by atoms with Gasteiger partial charge in [0, 0.05) is 6.04 Å². The van der Waals surface area contributed by atoms with Gasteiger partial charge in [-0.3, -0.25) is 0 Å². The molecule has 0 rings (SSSR count). The summed E-state index contributed by atoms with van der Waals surface area (Å²) in [6.45, 7) is 12.9. The lowest BCUT2D eigenvalue weighted by molar-refractivity contribution is 0.446. The molecule has 0 heterocycles. The van der Waals surface area contributed by atoms with E-state index in [1.807, 2.05) is 0 Å². The Hall–Kier alpha value is -0.0400. The maximum atomic E-state index is 3.70. The van der Waals surface area contributed by atoms with E-state index in [-0.39, 0.29) is 0 Å². The smallest absolute Gasteiger partial charge is 0.00387 e. The Morgan fingerprint density at radius 2 is 1.18 bits per heavy atom. The molecule has 1 N–H and O–H groups in total. The van der Waals surface area contributed by atoms with Crippen LogP contribution >= 0.6 is 0 Å². The summed E-state index contributed by atoms with van der Waals surface area (Å²) in [7, 11) is 0. The minimum absolute atomic E-state index is 0.713. The van der Waals surface area contributed by atoms with Crippen molar-refractivity contribution >= 4 is 0 Å². The highest BCUT2D eigenvalue weighted by molar-refractivity contribution is 4.61. The van der Waals surface area contributed by atoms with E-state index in [2.05, 4.69) is 39.9 Å². The van der Waals surface area contributed by atoms with Gasteiger partial charge < -0.3 is 5.32 Å². The maximum Gasteiger partial charge on any atom is 0.00387 e. The summed E-state index contributed by atoms with van der Waals surface area (Å²) in [6, 6.07) is 0.713. The maximum absolute atomic E-state index is 3.70. The Bertz CT molecular complexity index is 212. The van der Waals surface area contributed by atoms with Gasteiger partial charge in [-0.1, -0.05) is 91.9 Å². The second kappa shape index (κ2) is 15.8. The second-order valence-corrected chi connectivity index (χ2v) is 7.96. The minimum Gasteiger partial charge on any atom is -0.314 e. The largest absolute Gasteiger partial charge is 0.314 e. The summed E-state index contributed by atoms with van der Waals surface area (Å²) >= 11 is 0. The van der Waals surface area contributed by atoms with Crippen LogP contribution in [0.3, 0.4) is 0 Å². The molecule has 0 fully saturated rings. The van der Waals surface area contributed by atoms with Gasteiger partial charge in [0.1, 0.15) is 0 Å². The van der Waals surface area contributed by atoms with Crippen molar-refractivity contribution < 1.29 is 0 Å². The predicted octanol–water partition coefficient (Wildman–Crippen LogP) is 6.96. The molecule has 134 valence electrons. The highest BCUT2D eigenvalue weighted by atomic mass is 14.9. The van der Waals surface area contributed by atoms with Gasteiger partial charge in [-0.15, -0.1) is 0 Å². The van der Waals surface area contributed by atoms with Gasteiger partial charge in [0.15, 0.2) is 0 Å². The van der Waals surface area contributed by atoms with Crippen molar-refractivity contribution in [1.29, 1.82) is 0 Å². The number of unbranched alkanes of at least 4 members (excludes halogenated alkanes) is 6. The quantitative estimate of drug-likeness (QED) is 0.304. The molecule has 0 radical (unpaired) electrons. The second-order valence-electron chi connectivity index (χ2n) is 7.96. The third-order valence-corrected chi connectivity index (χ3v) is 4.98. The molecule has 0 aliphatic heterocycles. The van der Waals surface area contributed by atoms with E-state index in [0.717, 1.165) is 11.8 Å². The molecule has 0 aliphatic rings. The number of nitrogens with one attached hydrogen (secondary N) is 1. The molecule has 0 spiro atoms. The first-order valence-corrected chi connectivity index (χ1v) is 10.3. The predicted molar refractivity (Wildman–Crippen MR) is 103 cm³/mol. The zero-order chi connectivity index (χ0) is 16.6. The highest BCUT2D eigenvalue weighted by Gasteiger charge is 2.02. The van der Waals surface area contributed by atoms with Crippen molar-refractivity contribution in [2.24, 2.45) is 11.8 Å². The molecule has 0 amide bonds. The van der Waals surface area contributed by atoms with Gasteiger partial charge in [0.05, 0.1) is 0 Å². The average molecular weight is 312 g/mol. The van der Waals surface area contributed by atoms with Crippen LogP contribution in [0, 0.1) is 11.8 Å². The van der Waals surface area contributed by atoms with Crippen molar-refractivity contribution in [2.75, 3.05) is 6.54 Å². The molecular formula is C21H45N. The lowest BCUT2D eigenvalue weighted by Gasteiger charge is -2.14. The topological polar surface area (TPSA) is 12.0 Å². The summed E-state index contributed by atoms with van der Waals surface area (Å²) in [5.74, 6) is 1.81. The van der Waals surface area contributed by atoms with Crippen LogP contribution in [0.5, 0.6) is 0 Å². The van der Waals surface area contributed by atoms with Crippen molar-refractivity contribution in [1.82, 2.24) is 5.32 Å². The number of hydrogen-bond acceptors (Lipinski definition) is 1. The Kier molecular flexibility index (Phi) is 15.8. The Morgan fingerprint density at radius 1 is 0.636 bits per heavy atom. The highest BCUT2D eigenvalue weighted by Crippen LogP contribution is 2.13. The van der Waals surface area contributed by atoms with Crippen molar-refractivity contribution in [3.05, 3.63) is 0 Å². The average Bonchev–Trinajstić information content (AvgIpc) is 2.49. The monoisotopic (exact) mass is 311 g/mol. The Labute approximate surface area is 142 Å². The zero-order valence-electron chi connectivity index (χ0n) is 16.4. The van der Waals surface area contributed by atoms with Crippen LogP contribution in [0.1, 0.15) is 112 Å². The van der Waals surface area contributed by atoms with Crippen LogP contribution in [0.25, 0.3) is 0 Å². The third kappa shape index (κ3) is 16.3. The fourth-order valence-electron chi connectivity index (χ4n) is 2.98. The SMILES string of the molecule is CC[C@H](C)CCCCCN[C@H](C)CCCCCCCC(C)C. The van der Waals surface area contributed by atoms with Crippen LogP contribution in [-0.4, -0.2) is 12.6 Å². The summed E-state index contributed by atoms with van der Waals surface area (Å²) in [5, 5.41) is 3.70. The first kappa shape index (κ1) is 22.0. The fraction of sp³-hybridized carbons (Fsp3) is 1.00. The van der Waals surface area contributed by atoms with Crippen LogP contribution in [0.4, 0.5) is 0 Å². The molecule has 0 aliphatic carbocycles. The molecule has 0 unspecified atom stereocenters. The summed E-state index contributed by atoms with van der Waals surface area (Å²) < 4.78 is 0. The zero-order valence-corrected chi connectivity index (χ0v) is 16.4. The van der Waals surface area contributed by atoms with Crippen LogP contribution in [0.2, 0.25) is 0 Å². The van der Waals surface area contributed by atoms with E-state index in [9.17, 15) is 0 Å². The van der Waals surface area contributed by atoms with Crippen molar-refractivity contribution in [3.8, 4) is 0 Å². The van der Waals surface area contributed by atoms with E-state index >= 15 is 0 Å². The molecule has 0 aromatic carbocycles. The van der Waals surface area contributed by atoms with Crippen LogP contribution < -0.4 is 5.32 Å². The molecule has 0 saturated heterocycles. The molecule has 22 heavy (non-hydrogen) atoms. The molecule has 0 bridgehead atoms. The van der Waals surface area contributed by atoms with E-state index in [0.29, 0.717) is 6.04 Å². The summed E-state index contributed by atoms with van der Waals surface area (Å²) in [4.78, 5) is 0. The standard InChI is InChI=1S/C21H45N/c1-6-20(4)16-12-10-14-18-22-21(5)17-13-9-7-8-11-15-19(2)3/h19-22H,6-18H2,1-5H3/t20-,21+/m0/s1. The van der Waals surface area contributed by atoms with Gasteiger partial charge in [-0.05, 0) is 38.1 Å². The lowest BCUT2D eigenvalue weighted by Crippen LogP contribution is -2.26. The lowest BCUT2D eigenvalue weighted by atomic mass is 10.0. The normalized spacial score (nSPS) is 14.5. The Balaban J connectivity index is 3.21. The first-order chi connectivity index (χ1) is 10.6. The molecule has 1 nitrogen and oxygen atoms in total. The first-order valence-electron chi connectivity index (χ1n) is 10.3. The molecular weight excluding hydrogens is 266 g/mol. The molecule has 1 heteroatoms. The summed E-state index contributed by atoms with van der Waals surface area (Å²) in [5.41, 5.74) is 0. The van der Waals surface area contributed by atoms with Gasteiger partial charge in [-0.2, -0.15) is 0 Å². The summed E-state index contributed by atoms with van der Waals surface area (Å²) in [6.07, 6.45) is 16.9. The molecule has 0 aromatic heterocycles. The van der Waals surface area contributed by atoms with Gasteiger partial charge >= 0.3 is 0 Å². The molecule has 0 saturated carbocycles. The van der Waals surface area contributed by atoms with Gasteiger partial charge in [0.2, 0.25) is 0 Å². The van der Waals surface area contributed by atoms with Gasteiger partial charge in [-0.25, -0.2) is 0 Å². The molecule has 2 atom stereocenters. The minimum atomic E-state index is 0.713. The van der Waals surface area contributed by atoms with E-state index in [1.54, 1.807) is 0 Å². The third-order valence-electron chi connectivity index (χ3n) is 4.98. The molecule has 0 aromatic rings. The van der Waals surface area contributed by atoms with E-state index < -0.39 is 0 Å².